The summed E-state index contributed by atoms with van der Waals surface area (Å²) in [5, 5.41) is 18.4. The molecule has 27 heavy (non-hydrogen) atoms. The first-order valence-corrected chi connectivity index (χ1v) is 9.97. The summed E-state index contributed by atoms with van der Waals surface area (Å²) in [5.74, 6) is 3.22. The van der Waals surface area contributed by atoms with Crippen LogP contribution >= 0.6 is 0 Å². The molecule has 2 saturated heterocycles. The Labute approximate surface area is 160 Å². The molecule has 2 aliphatic heterocycles. The third kappa shape index (κ3) is 3.81. The summed E-state index contributed by atoms with van der Waals surface area (Å²) in [6, 6.07) is 5.92. The predicted octanol–water partition coefficient (Wildman–Crippen LogP) is 2.45. The third-order valence-electron chi connectivity index (χ3n) is 5.81. The average molecular weight is 365 g/mol. The van der Waals surface area contributed by atoms with Crippen molar-refractivity contribution in [1.29, 1.82) is 5.26 Å². The van der Waals surface area contributed by atoms with E-state index in [0.717, 1.165) is 63.0 Å². The summed E-state index contributed by atoms with van der Waals surface area (Å²) in [6.07, 6.45) is 7.85. The monoisotopic (exact) mass is 365 g/mol. The normalized spacial score (nSPS) is 21.2. The molecule has 0 aliphatic carbocycles. The van der Waals surface area contributed by atoms with Crippen LogP contribution in [0.1, 0.15) is 55.2 Å². The second kappa shape index (κ2) is 8.05. The van der Waals surface area contributed by atoms with Gasteiger partial charge in [0.25, 0.3) is 0 Å². The second-order valence-corrected chi connectivity index (χ2v) is 7.64. The van der Waals surface area contributed by atoms with Crippen molar-refractivity contribution in [2.75, 3.05) is 31.1 Å². The van der Waals surface area contributed by atoms with E-state index in [1.54, 1.807) is 6.20 Å². The maximum absolute atomic E-state index is 9.39. The van der Waals surface area contributed by atoms with Gasteiger partial charge in [-0.2, -0.15) is 5.26 Å². The van der Waals surface area contributed by atoms with Crippen LogP contribution in [0.4, 0.5) is 5.82 Å². The molecule has 0 saturated carbocycles. The summed E-state index contributed by atoms with van der Waals surface area (Å²) in [6.45, 7) is 4.98. The summed E-state index contributed by atoms with van der Waals surface area (Å²) >= 11 is 0. The number of rotatable bonds is 4. The molecule has 0 N–H and O–H groups in total. The first-order chi connectivity index (χ1) is 13.3. The van der Waals surface area contributed by atoms with Crippen molar-refractivity contribution in [3.05, 3.63) is 35.5 Å². The number of hydrogen-bond donors (Lipinski definition) is 0. The number of likely N-dealkylation sites (tertiary alicyclic amines) is 1. The molecular weight excluding hydrogens is 338 g/mol. The zero-order valence-corrected chi connectivity index (χ0v) is 16.0. The van der Waals surface area contributed by atoms with Crippen LogP contribution in [0, 0.1) is 11.3 Å². The maximum Gasteiger partial charge on any atom is 0.146 e. The van der Waals surface area contributed by atoms with Gasteiger partial charge in [0.2, 0.25) is 0 Å². The summed E-state index contributed by atoms with van der Waals surface area (Å²) < 4.78 is 2.19. The summed E-state index contributed by atoms with van der Waals surface area (Å²) in [5.41, 5.74) is 0.641. The molecule has 0 amide bonds. The van der Waals surface area contributed by atoms with Gasteiger partial charge < -0.3 is 9.47 Å². The number of hydrogen-bond acceptors (Lipinski definition) is 6. The lowest BCUT2D eigenvalue weighted by Crippen LogP contribution is -2.36. The summed E-state index contributed by atoms with van der Waals surface area (Å²) in [7, 11) is 2.09. The Morgan fingerprint density at radius 2 is 2.00 bits per heavy atom. The molecule has 2 aliphatic rings. The van der Waals surface area contributed by atoms with E-state index in [-0.39, 0.29) is 0 Å². The molecule has 0 unspecified atom stereocenters. The Kier molecular flexibility index (Phi) is 5.35. The maximum atomic E-state index is 9.39. The lowest BCUT2D eigenvalue weighted by Gasteiger charge is -2.33. The molecule has 0 spiro atoms. The number of aromatic nitrogens is 4. The quantitative estimate of drug-likeness (QED) is 0.829. The second-order valence-electron chi connectivity index (χ2n) is 7.64. The van der Waals surface area contributed by atoms with E-state index in [2.05, 4.69) is 42.7 Å². The topological polar surface area (TPSA) is 73.9 Å². The van der Waals surface area contributed by atoms with Crippen molar-refractivity contribution in [3.63, 3.8) is 0 Å². The van der Waals surface area contributed by atoms with Gasteiger partial charge in [-0.1, -0.05) is 6.42 Å². The first-order valence-electron chi connectivity index (χ1n) is 9.97. The highest BCUT2D eigenvalue weighted by Gasteiger charge is 2.28. The van der Waals surface area contributed by atoms with Crippen LogP contribution in [0.2, 0.25) is 0 Å². The zero-order valence-electron chi connectivity index (χ0n) is 16.0. The van der Waals surface area contributed by atoms with Gasteiger partial charge in [-0.15, -0.1) is 10.2 Å². The molecule has 0 bridgehead atoms. The van der Waals surface area contributed by atoms with E-state index in [9.17, 15) is 5.26 Å². The van der Waals surface area contributed by atoms with Crippen molar-refractivity contribution in [2.45, 2.75) is 44.6 Å². The van der Waals surface area contributed by atoms with Gasteiger partial charge in [0, 0.05) is 32.3 Å². The summed E-state index contributed by atoms with van der Waals surface area (Å²) in [4.78, 5) is 9.17. The Balaban J connectivity index is 1.49. The van der Waals surface area contributed by atoms with E-state index >= 15 is 0 Å². The van der Waals surface area contributed by atoms with Crippen LogP contribution in [0.3, 0.4) is 0 Å². The van der Waals surface area contributed by atoms with Crippen molar-refractivity contribution < 1.29 is 0 Å². The van der Waals surface area contributed by atoms with Gasteiger partial charge >= 0.3 is 0 Å². The lowest BCUT2D eigenvalue weighted by atomic mass is 9.96. The molecule has 2 fully saturated rings. The van der Waals surface area contributed by atoms with Gasteiger partial charge in [-0.3, -0.25) is 4.90 Å². The fourth-order valence-electron chi connectivity index (χ4n) is 4.30. The number of anilines is 1. The molecule has 0 aromatic carbocycles. The van der Waals surface area contributed by atoms with Gasteiger partial charge in [0.1, 0.15) is 23.5 Å². The van der Waals surface area contributed by atoms with E-state index in [0.29, 0.717) is 11.5 Å². The van der Waals surface area contributed by atoms with E-state index in [1.165, 1.54) is 19.3 Å². The van der Waals surface area contributed by atoms with Crippen molar-refractivity contribution in [1.82, 2.24) is 24.6 Å². The molecule has 142 valence electrons. The minimum atomic E-state index is 0.319. The van der Waals surface area contributed by atoms with E-state index in [4.69, 9.17) is 0 Å². The van der Waals surface area contributed by atoms with Crippen LogP contribution in [0.5, 0.6) is 0 Å². The molecule has 2 aromatic rings. The number of nitriles is 1. The Morgan fingerprint density at radius 1 is 1.15 bits per heavy atom. The van der Waals surface area contributed by atoms with Gasteiger partial charge in [0.15, 0.2) is 0 Å². The van der Waals surface area contributed by atoms with Gasteiger partial charge in [0.05, 0.1) is 12.1 Å². The number of nitrogens with zero attached hydrogens (tertiary/aromatic N) is 7. The van der Waals surface area contributed by atoms with Crippen molar-refractivity contribution >= 4 is 5.82 Å². The molecule has 4 heterocycles. The average Bonchev–Trinajstić information content (AvgIpc) is 3.09. The van der Waals surface area contributed by atoms with Crippen molar-refractivity contribution in [3.8, 4) is 6.07 Å². The minimum Gasteiger partial charge on any atom is -0.355 e. The highest BCUT2D eigenvalue weighted by Crippen LogP contribution is 2.29. The highest BCUT2D eigenvalue weighted by molar-refractivity contribution is 5.53. The van der Waals surface area contributed by atoms with Crippen LogP contribution in [0.15, 0.2) is 18.3 Å². The minimum absolute atomic E-state index is 0.319. The van der Waals surface area contributed by atoms with Crippen LogP contribution in [0.25, 0.3) is 0 Å². The Morgan fingerprint density at radius 3 is 2.81 bits per heavy atom. The lowest BCUT2D eigenvalue weighted by molar-refractivity contribution is 0.213. The van der Waals surface area contributed by atoms with E-state index < -0.39 is 0 Å². The Hall–Kier alpha value is -2.46. The molecule has 0 radical (unpaired) electrons. The van der Waals surface area contributed by atoms with Gasteiger partial charge in [-0.05, 0) is 50.9 Å². The van der Waals surface area contributed by atoms with Gasteiger partial charge in [-0.25, -0.2) is 4.98 Å². The molecule has 4 rings (SSSR count). The smallest absolute Gasteiger partial charge is 0.146 e. The van der Waals surface area contributed by atoms with Crippen LogP contribution in [-0.2, 0) is 13.6 Å². The molecular formula is C20H27N7. The fraction of sp³-hybridized carbons (Fsp3) is 0.600. The predicted molar refractivity (Wildman–Crippen MR) is 103 cm³/mol. The van der Waals surface area contributed by atoms with Crippen LogP contribution < -0.4 is 4.90 Å². The number of piperidine rings is 2. The molecule has 7 nitrogen and oxygen atoms in total. The van der Waals surface area contributed by atoms with Crippen LogP contribution in [-0.4, -0.2) is 50.8 Å². The standard InChI is InChI=1S/C20H27N7/c1-25-18(15-26-10-3-2-4-11-26)23-24-20(25)17-8-6-12-27(14-17)19-16(13-21)7-5-9-22-19/h5,7,9,17H,2-4,6,8,10-12,14-15H2,1H3/t17-/m1/s1. The highest BCUT2D eigenvalue weighted by atomic mass is 15.3. The SMILES string of the molecule is Cn1c(CN2CCCCC2)nnc1[C@@H]1CCCN(c2ncccc2C#N)C1. The molecule has 1 atom stereocenters. The largest absolute Gasteiger partial charge is 0.355 e. The fourth-order valence-corrected chi connectivity index (χ4v) is 4.30. The number of pyridine rings is 1. The third-order valence-corrected chi connectivity index (χ3v) is 5.81. The Bertz CT molecular complexity index is 816. The molecule has 2 aromatic heterocycles. The van der Waals surface area contributed by atoms with Crippen molar-refractivity contribution in [2.24, 2.45) is 7.05 Å². The first kappa shape index (κ1) is 17.9. The zero-order chi connectivity index (χ0) is 18.6. The van der Waals surface area contributed by atoms with E-state index in [1.807, 2.05) is 12.1 Å². The molecule has 7 heteroatoms.